The van der Waals surface area contributed by atoms with Crippen LogP contribution in [0.5, 0.6) is 5.75 Å². The molecule has 0 radical (unpaired) electrons. The van der Waals surface area contributed by atoms with Gasteiger partial charge >= 0.3 is 5.97 Å². The minimum Gasteiger partial charge on any atom is -0.494 e. The fourth-order valence-corrected chi connectivity index (χ4v) is 2.43. The zero-order chi connectivity index (χ0) is 15.1. The third kappa shape index (κ3) is 4.44. The first kappa shape index (κ1) is 15.8. The monoisotopic (exact) mass is 293 g/mol. The van der Waals surface area contributed by atoms with Crippen molar-refractivity contribution in [1.82, 2.24) is 5.32 Å². The number of benzene rings is 1. The predicted molar refractivity (Wildman–Crippen MR) is 79.3 cm³/mol. The van der Waals surface area contributed by atoms with Crippen LogP contribution in [0.1, 0.15) is 31.4 Å². The molecule has 2 atom stereocenters. The number of rotatable bonds is 7. The van der Waals surface area contributed by atoms with Crippen LogP contribution < -0.4 is 10.1 Å². The lowest BCUT2D eigenvalue weighted by molar-refractivity contribution is -0.143. The van der Waals surface area contributed by atoms with Crippen molar-refractivity contribution >= 4 is 5.97 Å². The van der Waals surface area contributed by atoms with E-state index in [2.05, 4.69) is 5.32 Å². The number of ether oxygens (including phenoxy) is 3. The van der Waals surface area contributed by atoms with Crippen molar-refractivity contribution in [3.8, 4) is 5.75 Å². The smallest absolute Gasteiger partial charge is 0.327 e. The summed E-state index contributed by atoms with van der Waals surface area (Å²) in [5.41, 5.74) is 0.864. The second-order valence-corrected chi connectivity index (χ2v) is 5.00. The van der Waals surface area contributed by atoms with Gasteiger partial charge in [0.1, 0.15) is 11.8 Å². The average Bonchev–Trinajstić information content (AvgIpc) is 3.02. The molecule has 5 nitrogen and oxygen atoms in total. The molecule has 0 aliphatic carbocycles. The first-order valence-electron chi connectivity index (χ1n) is 7.40. The van der Waals surface area contributed by atoms with E-state index in [0.717, 1.165) is 30.8 Å². The van der Waals surface area contributed by atoms with Crippen LogP contribution in [0.25, 0.3) is 0 Å². The molecular weight excluding hydrogens is 270 g/mol. The highest BCUT2D eigenvalue weighted by molar-refractivity contribution is 5.77. The lowest BCUT2D eigenvalue weighted by atomic mass is 10.1. The van der Waals surface area contributed by atoms with Gasteiger partial charge in [-0.1, -0.05) is 12.1 Å². The third-order valence-corrected chi connectivity index (χ3v) is 3.53. The van der Waals surface area contributed by atoms with Gasteiger partial charge in [-0.25, -0.2) is 4.79 Å². The molecule has 1 fully saturated rings. The van der Waals surface area contributed by atoms with Gasteiger partial charge in [0.15, 0.2) is 0 Å². The van der Waals surface area contributed by atoms with Crippen molar-refractivity contribution in [3.05, 3.63) is 29.8 Å². The van der Waals surface area contributed by atoms with Crippen LogP contribution in [-0.2, 0) is 14.3 Å². The average molecular weight is 293 g/mol. The molecule has 1 aromatic carbocycles. The van der Waals surface area contributed by atoms with Crippen LogP contribution in [0.15, 0.2) is 24.3 Å². The fourth-order valence-electron chi connectivity index (χ4n) is 2.43. The summed E-state index contributed by atoms with van der Waals surface area (Å²) in [6, 6.07) is 7.02. The Kier molecular flexibility index (Phi) is 6.02. The van der Waals surface area contributed by atoms with Crippen LogP contribution in [0, 0.1) is 0 Å². The van der Waals surface area contributed by atoms with Gasteiger partial charge in [-0.3, -0.25) is 5.32 Å². The normalized spacial score (nSPS) is 19.2. The number of methoxy groups -OCH3 is 1. The van der Waals surface area contributed by atoms with Crippen molar-refractivity contribution in [3.63, 3.8) is 0 Å². The zero-order valence-electron chi connectivity index (χ0n) is 12.6. The molecule has 2 unspecified atom stereocenters. The van der Waals surface area contributed by atoms with E-state index in [1.165, 1.54) is 7.11 Å². The molecule has 0 bridgehead atoms. The second kappa shape index (κ2) is 8.00. The summed E-state index contributed by atoms with van der Waals surface area (Å²) in [7, 11) is 1.40. The Balaban J connectivity index is 2.01. The van der Waals surface area contributed by atoms with Gasteiger partial charge in [0.25, 0.3) is 0 Å². The van der Waals surface area contributed by atoms with E-state index in [4.69, 9.17) is 14.2 Å². The number of carbonyl (C=O) groups is 1. The van der Waals surface area contributed by atoms with Crippen molar-refractivity contribution < 1.29 is 19.0 Å². The number of esters is 1. The number of hydrogen-bond acceptors (Lipinski definition) is 5. The summed E-state index contributed by atoms with van der Waals surface area (Å²) in [5.74, 6) is 0.501. The molecule has 21 heavy (non-hydrogen) atoms. The van der Waals surface area contributed by atoms with E-state index in [1.807, 2.05) is 31.2 Å². The van der Waals surface area contributed by atoms with Gasteiger partial charge in [-0.05, 0) is 37.5 Å². The first-order valence-corrected chi connectivity index (χ1v) is 7.40. The minimum absolute atomic E-state index is 0.180. The Bertz CT molecular complexity index is 440. The molecule has 1 aliphatic rings. The maximum atomic E-state index is 12.0. The molecular formula is C16H23NO4. The van der Waals surface area contributed by atoms with E-state index in [1.54, 1.807) is 0 Å². The number of carbonyl (C=O) groups excluding carboxylic acids is 1. The van der Waals surface area contributed by atoms with Crippen molar-refractivity contribution in [2.75, 3.05) is 26.9 Å². The van der Waals surface area contributed by atoms with E-state index in [0.29, 0.717) is 13.2 Å². The van der Waals surface area contributed by atoms with Gasteiger partial charge in [-0.2, -0.15) is 0 Å². The lowest BCUT2D eigenvalue weighted by Gasteiger charge is -2.19. The van der Waals surface area contributed by atoms with Crippen molar-refractivity contribution in [1.29, 1.82) is 0 Å². The summed E-state index contributed by atoms with van der Waals surface area (Å²) >= 11 is 0. The zero-order valence-corrected chi connectivity index (χ0v) is 12.6. The van der Waals surface area contributed by atoms with E-state index in [9.17, 15) is 4.79 Å². The minimum atomic E-state index is -0.477. The number of hydrogen-bond donors (Lipinski definition) is 1. The van der Waals surface area contributed by atoms with Crippen molar-refractivity contribution in [2.45, 2.75) is 31.9 Å². The molecule has 0 amide bonds. The maximum absolute atomic E-state index is 12.0. The van der Waals surface area contributed by atoms with Crippen LogP contribution in [0.2, 0.25) is 0 Å². The highest BCUT2D eigenvalue weighted by Crippen LogP contribution is 2.20. The molecule has 1 saturated heterocycles. The highest BCUT2D eigenvalue weighted by atomic mass is 16.5. The standard InChI is InChI=1S/C16H23NO4/c1-3-20-13-8-6-12(7-9-13)15(16(18)19-2)17-11-14-5-4-10-21-14/h6-9,14-15,17H,3-5,10-11H2,1-2H3. The molecule has 1 aliphatic heterocycles. The molecule has 1 heterocycles. The van der Waals surface area contributed by atoms with E-state index < -0.39 is 6.04 Å². The Morgan fingerprint density at radius 2 is 2.19 bits per heavy atom. The number of nitrogens with one attached hydrogen (secondary N) is 1. The molecule has 0 aromatic heterocycles. The summed E-state index contributed by atoms with van der Waals surface area (Å²) in [4.78, 5) is 12.0. The fraction of sp³-hybridized carbons (Fsp3) is 0.562. The molecule has 5 heteroatoms. The molecule has 116 valence electrons. The summed E-state index contributed by atoms with van der Waals surface area (Å²) < 4.78 is 15.9. The quantitative estimate of drug-likeness (QED) is 0.780. The van der Waals surface area contributed by atoms with Gasteiger partial charge in [-0.15, -0.1) is 0 Å². The Morgan fingerprint density at radius 1 is 1.43 bits per heavy atom. The van der Waals surface area contributed by atoms with E-state index >= 15 is 0 Å². The maximum Gasteiger partial charge on any atom is 0.327 e. The molecule has 0 saturated carbocycles. The Labute approximate surface area is 125 Å². The SMILES string of the molecule is CCOc1ccc(C(NCC2CCCO2)C(=O)OC)cc1. The van der Waals surface area contributed by atoms with Gasteiger partial charge < -0.3 is 14.2 Å². The topological polar surface area (TPSA) is 56.8 Å². The van der Waals surface area contributed by atoms with Crippen LogP contribution in [-0.4, -0.2) is 38.9 Å². The molecule has 1 N–H and O–H groups in total. The third-order valence-electron chi connectivity index (χ3n) is 3.53. The largest absolute Gasteiger partial charge is 0.494 e. The Hall–Kier alpha value is -1.59. The first-order chi connectivity index (χ1) is 10.2. The summed E-state index contributed by atoms with van der Waals surface area (Å²) in [6.07, 6.45) is 2.29. The van der Waals surface area contributed by atoms with E-state index in [-0.39, 0.29) is 12.1 Å². The van der Waals surface area contributed by atoms with Gasteiger partial charge in [0, 0.05) is 13.2 Å². The van der Waals surface area contributed by atoms with Crippen molar-refractivity contribution in [2.24, 2.45) is 0 Å². The lowest BCUT2D eigenvalue weighted by Crippen LogP contribution is -2.35. The Morgan fingerprint density at radius 3 is 2.76 bits per heavy atom. The van der Waals surface area contributed by atoms with Gasteiger partial charge in [0.2, 0.25) is 0 Å². The molecule has 1 aromatic rings. The second-order valence-electron chi connectivity index (χ2n) is 5.00. The molecule has 0 spiro atoms. The predicted octanol–water partition coefficient (Wildman–Crippen LogP) is 2.07. The van der Waals surface area contributed by atoms with Crippen LogP contribution >= 0.6 is 0 Å². The summed E-state index contributed by atoms with van der Waals surface area (Å²) in [5, 5.41) is 3.24. The van der Waals surface area contributed by atoms with Gasteiger partial charge in [0.05, 0.1) is 19.8 Å². The highest BCUT2D eigenvalue weighted by Gasteiger charge is 2.24. The summed E-state index contributed by atoms with van der Waals surface area (Å²) in [6.45, 7) is 4.01. The molecule has 2 rings (SSSR count). The van der Waals surface area contributed by atoms with Crippen LogP contribution in [0.3, 0.4) is 0 Å². The van der Waals surface area contributed by atoms with Crippen LogP contribution in [0.4, 0.5) is 0 Å².